The maximum absolute atomic E-state index is 12.5. The third kappa shape index (κ3) is 3.56. The number of ether oxygens (including phenoxy) is 1. The molecule has 1 spiro atoms. The van der Waals surface area contributed by atoms with Crippen LogP contribution < -0.4 is 15.4 Å². The van der Waals surface area contributed by atoms with Crippen molar-refractivity contribution in [3.8, 4) is 5.75 Å². The molecule has 0 unspecified atom stereocenters. The van der Waals surface area contributed by atoms with Gasteiger partial charge in [0.15, 0.2) is 0 Å². The highest BCUT2D eigenvalue weighted by atomic mass is 16.5. The van der Waals surface area contributed by atoms with Gasteiger partial charge in [-0.2, -0.15) is 0 Å². The van der Waals surface area contributed by atoms with E-state index in [1.807, 2.05) is 30.3 Å². The van der Waals surface area contributed by atoms with Gasteiger partial charge in [-0.3, -0.25) is 4.79 Å². The minimum absolute atomic E-state index is 0.0576. The molecule has 2 aliphatic heterocycles. The lowest BCUT2D eigenvalue weighted by Crippen LogP contribution is -2.49. The van der Waals surface area contributed by atoms with Gasteiger partial charge in [0, 0.05) is 12.3 Å². The van der Waals surface area contributed by atoms with E-state index in [0.29, 0.717) is 13.0 Å². The summed E-state index contributed by atoms with van der Waals surface area (Å²) in [6.07, 6.45) is 4.99. The Labute approximate surface area is 147 Å². The van der Waals surface area contributed by atoms with Gasteiger partial charge in [-0.15, -0.1) is 0 Å². The van der Waals surface area contributed by atoms with E-state index in [0.717, 1.165) is 49.4 Å². The lowest BCUT2D eigenvalue weighted by atomic mass is 9.76. The zero-order valence-electron chi connectivity index (χ0n) is 14.3. The maximum Gasteiger partial charge on any atom is 0.220 e. The second-order valence-electron chi connectivity index (χ2n) is 7.03. The largest absolute Gasteiger partial charge is 0.487 e. The summed E-state index contributed by atoms with van der Waals surface area (Å²) in [7, 11) is 0. The number of benzene rings is 1. The molecule has 0 bridgehead atoms. The van der Waals surface area contributed by atoms with Crippen molar-refractivity contribution >= 4 is 5.91 Å². The van der Waals surface area contributed by atoms with Gasteiger partial charge in [-0.25, -0.2) is 0 Å². The molecule has 0 radical (unpaired) electrons. The molecule has 0 saturated carbocycles. The number of para-hydroxylation sites is 1. The second-order valence-corrected chi connectivity index (χ2v) is 7.03. The normalized spacial score (nSPS) is 21.4. The molecule has 3 heterocycles. The number of furan rings is 1. The van der Waals surface area contributed by atoms with E-state index < -0.39 is 0 Å². The Morgan fingerprint density at radius 1 is 1.20 bits per heavy atom. The van der Waals surface area contributed by atoms with Gasteiger partial charge in [0.1, 0.15) is 17.1 Å². The van der Waals surface area contributed by atoms with Gasteiger partial charge in [-0.05, 0) is 56.1 Å². The molecule has 1 aromatic carbocycles. The number of carbonyl (C=O) groups excluding carboxylic acids is 1. The molecular formula is C20H24N2O3. The number of hydrogen-bond acceptors (Lipinski definition) is 4. The average Bonchev–Trinajstić information content (AvgIpc) is 3.14. The summed E-state index contributed by atoms with van der Waals surface area (Å²) in [4.78, 5) is 12.5. The number of nitrogens with one attached hydrogen (secondary N) is 2. The van der Waals surface area contributed by atoms with Gasteiger partial charge in [0.05, 0.1) is 12.8 Å². The van der Waals surface area contributed by atoms with E-state index in [1.165, 1.54) is 0 Å². The highest BCUT2D eigenvalue weighted by Crippen LogP contribution is 2.45. The lowest BCUT2D eigenvalue weighted by Gasteiger charge is -2.44. The van der Waals surface area contributed by atoms with Crippen LogP contribution in [0.25, 0.3) is 0 Å². The van der Waals surface area contributed by atoms with E-state index >= 15 is 0 Å². The van der Waals surface area contributed by atoms with Crippen LogP contribution in [0, 0.1) is 0 Å². The van der Waals surface area contributed by atoms with Crippen molar-refractivity contribution in [1.82, 2.24) is 10.6 Å². The van der Waals surface area contributed by atoms with E-state index in [9.17, 15) is 4.79 Å². The van der Waals surface area contributed by atoms with Crippen molar-refractivity contribution in [1.29, 1.82) is 0 Å². The molecule has 0 aliphatic carbocycles. The molecule has 2 N–H and O–H groups in total. The number of carbonyl (C=O) groups is 1. The molecule has 4 rings (SSSR count). The highest BCUT2D eigenvalue weighted by Gasteiger charge is 2.42. The van der Waals surface area contributed by atoms with Crippen molar-refractivity contribution in [3.05, 3.63) is 54.0 Å². The van der Waals surface area contributed by atoms with Crippen molar-refractivity contribution in [2.24, 2.45) is 0 Å². The average molecular weight is 340 g/mol. The topological polar surface area (TPSA) is 63.5 Å². The molecule has 2 aromatic rings. The van der Waals surface area contributed by atoms with Crippen molar-refractivity contribution < 1.29 is 13.9 Å². The Balaban J connectivity index is 1.48. The third-order valence-corrected chi connectivity index (χ3v) is 5.29. The van der Waals surface area contributed by atoms with Crippen molar-refractivity contribution in [2.45, 2.75) is 43.7 Å². The van der Waals surface area contributed by atoms with Crippen LogP contribution in [0.5, 0.6) is 5.75 Å². The number of amides is 1. The molecule has 1 atom stereocenters. The van der Waals surface area contributed by atoms with Gasteiger partial charge < -0.3 is 19.8 Å². The fourth-order valence-corrected chi connectivity index (χ4v) is 4.01. The van der Waals surface area contributed by atoms with Gasteiger partial charge in [-0.1, -0.05) is 18.2 Å². The van der Waals surface area contributed by atoms with E-state index in [4.69, 9.17) is 9.15 Å². The summed E-state index contributed by atoms with van der Waals surface area (Å²) in [5.41, 5.74) is 1.02. The van der Waals surface area contributed by atoms with E-state index in [2.05, 4.69) is 16.7 Å². The predicted octanol–water partition coefficient (Wildman–Crippen LogP) is 2.97. The Morgan fingerprint density at radius 3 is 2.84 bits per heavy atom. The van der Waals surface area contributed by atoms with E-state index in [-0.39, 0.29) is 17.4 Å². The lowest BCUT2D eigenvalue weighted by molar-refractivity contribution is -0.122. The first kappa shape index (κ1) is 16.2. The van der Waals surface area contributed by atoms with Crippen LogP contribution in [0.3, 0.4) is 0 Å². The van der Waals surface area contributed by atoms with Crippen LogP contribution >= 0.6 is 0 Å². The molecule has 25 heavy (non-hydrogen) atoms. The quantitative estimate of drug-likeness (QED) is 0.898. The SMILES string of the molecule is O=C(C[C@H]1CC2(CCNCC2)Oc2ccccc21)NCc1ccco1. The summed E-state index contributed by atoms with van der Waals surface area (Å²) in [5.74, 6) is 1.97. The minimum atomic E-state index is -0.133. The highest BCUT2D eigenvalue weighted by molar-refractivity contribution is 5.77. The number of fused-ring (bicyclic) bond motifs is 1. The van der Waals surface area contributed by atoms with E-state index in [1.54, 1.807) is 6.26 Å². The molecular weight excluding hydrogens is 316 g/mol. The monoisotopic (exact) mass is 340 g/mol. The summed E-state index contributed by atoms with van der Waals surface area (Å²) < 4.78 is 11.7. The van der Waals surface area contributed by atoms with Crippen molar-refractivity contribution in [3.63, 3.8) is 0 Å². The Morgan fingerprint density at radius 2 is 2.04 bits per heavy atom. The zero-order valence-corrected chi connectivity index (χ0v) is 14.3. The molecule has 1 aromatic heterocycles. The molecule has 2 aliphatic rings. The Kier molecular flexibility index (Phi) is 4.49. The summed E-state index contributed by atoms with van der Waals surface area (Å²) in [5, 5.41) is 6.37. The zero-order chi connectivity index (χ0) is 17.1. The number of rotatable bonds is 4. The van der Waals surface area contributed by atoms with Crippen LogP contribution in [0.1, 0.15) is 42.9 Å². The predicted molar refractivity (Wildman–Crippen MR) is 94.4 cm³/mol. The summed E-state index contributed by atoms with van der Waals surface area (Å²) in [6, 6.07) is 11.9. The second kappa shape index (κ2) is 6.92. The van der Waals surface area contributed by atoms with Crippen LogP contribution in [0.2, 0.25) is 0 Å². The molecule has 5 heteroatoms. The van der Waals surface area contributed by atoms with Crippen LogP contribution in [-0.4, -0.2) is 24.6 Å². The fraction of sp³-hybridized carbons (Fsp3) is 0.450. The molecule has 1 fully saturated rings. The smallest absolute Gasteiger partial charge is 0.220 e. The number of hydrogen-bond donors (Lipinski definition) is 2. The van der Waals surface area contributed by atoms with Gasteiger partial charge in [0.2, 0.25) is 5.91 Å². The third-order valence-electron chi connectivity index (χ3n) is 5.29. The standard InChI is InChI=1S/C20H24N2O3/c23-19(22-14-16-4-3-11-24-16)12-15-13-20(7-9-21-10-8-20)25-18-6-2-1-5-17(15)18/h1-6,11,15,21H,7-10,12-14H2,(H,22,23)/t15-/m0/s1. The first-order valence-electron chi connectivity index (χ1n) is 9.02. The molecule has 1 saturated heterocycles. The fourth-order valence-electron chi connectivity index (χ4n) is 4.01. The van der Waals surface area contributed by atoms with Crippen LogP contribution in [-0.2, 0) is 11.3 Å². The molecule has 132 valence electrons. The van der Waals surface area contributed by atoms with Gasteiger partial charge in [0.25, 0.3) is 0 Å². The minimum Gasteiger partial charge on any atom is -0.487 e. The Hall–Kier alpha value is -2.27. The first-order chi connectivity index (χ1) is 12.2. The van der Waals surface area contributed by atoms with Crippen LogP contribution in [0.4, 0.5) is 0 Å². The van der Waals surface area contributed by atoms with Crippen LogP contribution in [0.15, 0.2) is 47.1 Å². The van der Waals surface area contributed by atoms with Gasteiger partial charge >= 0.3 is 0 Å². The summed E-state index contributed by atoms with van der Waals surface area (Å²) >= 11 is 0. The summed E-state index contributed by atoms with van der Waals surface area (Å²) in [6.45, 7) is 2.38. The number of piperidine rings is 1. The Bertz CT molecular complexity index is 720. The maximum atomic E-state index is 12.5. The molecule has 5 nitrogen and oxygen atoms in total. The molecule has 1 amide bonds. The first-order valence-corrected chi connectivity index (χ1v) is 9.02. The van der Waals surface area contributed by atoms with Crippen molar-refractivity contribution in [2.75, 3.05) is 13.1 Å².